The molecule has 1 aliphatic heterocycles. The molecule has 36 heavy (non-hydrogen) atoms. The predicted octanol–water partition coefficient (Wildman–Crippen LogP) is 5.09. The summed E-state index contributed by atoms with van der Waals surface area (Å²) in [6, 6.07) is 13.4. The van der Waals surface area contributed by atoms with E-state index in [1.54, 1.807) is 35.9 Å². The van der Waals surface area contributed by atoms with E-state index in [-0.39, 0.29) is 30.2 Å². The van der Waals surface area contributed by atoms with Crippen LogP contribution in [0.25, 0.3) is 5.13 Å². The van der Waals surface area contributed by atoms with Gasteiger partial charge in [-0.1, -0.05) is 6.07 Å². The molecule has 0 radical (unpaired) electrons. The first kappa shape index (κ1) is 24.1. The van der Waals surface area contributed by atoms with E-state index in [2.05, 4.69) is 50.0 Å². The molecule has 0 spiro atoms. The molecule has 0 bridgehead atoms. The molecule has 1 amide bonds. The molecular formula is C26H25FN6OS2. The molecule has 0 aliphatic carbocycles. The number of amides is 1. The van der Waals surface area contributed by atoms with Crippen LogP contribution in [-0.4, -0.2) is 37.0 Å². The maximum absolute atomic E-state index is 13.2. The third-order valence-electron chi connectivity index (χ3n) is 6.31. The summed E-state index contributed by atoms with van der Waals surface area (Å²) in [5, 5.41) is 9.71. The van der Waals surface area contributed by atoms with E-state index in [0.29, 0.717) is 17.3 Å². The number of anilines is 1. The SMILES string of the molecule is Cc1cc([C@H]2[C@H](c3ccccn3)NC(=S)N2CCC(=O)Nc2ccc(F)cc2)c(C)n1-c1nccs1. The van der Waals surface area contributed by atoms with E-state index >= 15 is 0 Å². The quantitative estimate of drug-likeness (QED) is 0.331. The van der Waals surface area contributed by atoms with Crippen molar-refractivity contribution < 1.29 is 9.18 Å². The van der Waals surface area contributed by atoms with E-state index in [1.165, 1.54) is 12.1 Å². The Morgan fingerprint density at radius 2 is 1.97 bits per heavy atom. The zero-order valence-corrected chi connectivity index (χ0v) is 21.4. The number of thiazole rings is 1. The van der Waals surface area contributed by atoms with Crippen molar-refractivity contribution in [3.05, 3.63) is 94.8 Å². The Labute approximate surface area is 218 Å². The fourth-order valence-corrected chi connectivity index (χ4v) is 5.75. The first-order valence-electron chi connectivity index (χ1n) is 11.5. The highest BCUT2D eigenvalue weighted by atomic mass is 32.1. The lowest BCUT2D eigenvalue weighted by molar-refractivity contribution is -0.116. The van der Waals surface area contributed by atoms with Gasteiger partial charge in [0.05, 0.1) is 17.8 Å². The summed E-state index contributed by atoms with van der Waals surface area (Å²) in [4.78, 5) is 23.9. The van der Waals surface area contributed by atoms with Gasteiger partial charge in [0.15, 0.2) is 10.2 Å². The molecule has 184 valence electrons. The number of nitrogens with zero attached hydrogens (tertiary/aromatic N) is 4. The van der Waals surface area contributed by atoms with Gasteiger partial charge in [-0.15, -0.1) is 11.3 Å². The van der Waals surface area contributed by atoms with Crippen LogP contribution < -0.4 is 10.6 Å². The Kier molecular flexibility index (Phi) is 6.80. The normalized spacial score (nSPS) is 17.3. The lowest BCUT2D eigenvalue weighted by Gasteiger charge is -2.28. The summed E-state index contributed by atoms with van der Waals surface area (Å²) in [6.07, 6.45) is 3.79. The van der Waals surface area contributed by atoms with Crippen LogP contribution >= 0.6 is 23.6 Å². The maximum atomic E-state index is 13.2. The van der Waals surface area contributed by atoms with Crippen LogP contribution in [0.15, 0.2) is 66.3 Å². The van der Waals surface area contributed by atoms with Gasteiger partial charge in [0, 0.05) is 47.8 Å². The topological polar surface area (TPSA) is 75.1 Å². The molecule has 1 fully saturated rings. The molecule has 2 atom stereocenters. The number of hydrogen-bond acceptors (Lipinski definition) is 5. The number of benzene rings is 1. The van der Waals surface area contributed by atoms with Crippen molar-refractivity contribution in [2.45, 2.75) is 32.4 Å². The number of halogens is 1. The Hall–Kier alpha value is -3.63. The minimum absolute atomic E-state index is 0.161. The van der Waals surface area contributed by atoms with E-state index in [9.17, 15) is 9.18 Å². The zero-order chi connectivity index (χ0) is 25.2. The molecule has 1 aromatic carbocycles. The molecular weight excluding hydrogens is 495 g/mol. The number of carbonyl (C=O) groups excluding carboxylic acids is 1. The highest BCUT2D eigenvalue weighted by molar-refractivity contribution is 7.80. The summed E-state index contributed by atoms with van der Waals surface area (Å²) < 4.78 is 15.4. The van der Waals surface area contributed by atoms with Gasteiger partial charge in [-0.25, -0.2) is 9.37 Å². The van der Waals surface area contributed by atoms with Crippen molar-refractivity contribution in [1.82, 2.24) is 24.8 Å². The molecule has 1 aliphatic rings. The highest BCUT2D eigenvalue weighted by Gasteiger charge is 2.41. The number of aryl methyl sites for hydroxylation is 1. The van der Waals surface area contributed by atoms with Gasteiger partial charge in [0.2, 0.25) is 5.91 Å². The van der Waals surface area contributed by atoms with Crippen LogP contribution in [-0.2, 0) is 4.79 Å². The van der Waals surface area contributed by atoms with Crippen molar-refractivity contribution in [3.63, 3.8) is 0 Å². The average Bonchev–Trinajstić information content (AvgIpc) is 3.58. The van der Waals surface area contributed by atoms with E-state index in [0.717, 1.165) is 27.8 Å². The molecule has 4 aromatic rings. The molecule has 2 N–H and O–H groups in total. The first-order chi connectivity index (χ1) is 17.4. The molecule has 0 saturated carbocycles. The standard InChI is InChI=1S/C26H25FN6OS2/c1-16-15-20(17(2)33(16)26-29-12-14-36-26)24-23(21-5-3-4-11-28-21)31-25(35)32(24)13-10-22(34)30-19-8-6-18(27)7-9-19/h3-9,11-12,14-15,23-24H,10,13H2,1-2H3,(H,30,34)(H,31,35)/t23-,24-/m0/s1. The van der Waals surface area contributed by atoms with Crippen LogP contribution in [0.1, 0.15) is 41.1 Å². The molecule has 0 unspecified atom stereocenters. The second kappa shape index (κ2) is 10.2. The summed E-state index contributed by atoms with van der Waals surface area (Å²) in [7, 11) is 0. The van der Waals surface area contributed by atoms with Gasteiger partial charge in [0.25, 0.3) is 0 Å². The summed E-state index contributed by atoms with van der Waals surface area (Å²) in [6.45, 7) is 4.56. The number of nitrogens with one attached hydrogen (secondary N) is 2. The second-order valence-electron chi connectivity index (χ2n) is 8.60. The van der Waals surface area contributed by atoms with Gasteiger partial charge in [-0.2, -0.15) is 0 Å². The minimum Gasteiger partial charge on any atom is -0.352 e. The molecule has 3 aromatic heterocycles. The maximum Gasteiger partial charge on any atom is 0.226 e. The largest absolute Gasteiger partial charge is 0.352 e. The van der Waals surface area contributed by atoms with Gasteiger partial charge in [0.1, 0.15) is 5.82 Å². The van der Waals surface area contributed by atoms with E-state index in [1.807, 2.05) is 23.6 Å². The van der Waals surface area contributed by atoms with E-state index < -0.39 is 0 Å². The minimum atomic E-state index is -0.347. The van der Waals surface area contributed by atoms with Gasteiger partial charge < -0.3 is 15.5 Å². The van der Waals surface area contributed by atoms with Crippen LogP contribution in [0.4, 0.5) is 10.1 Å². The Morgan fingerprint density at radius 3 is 2.67 bits per heavy atom. The Balaban J connectivity index is 1.44. The number of rotatable bonds is 7. The number of pyridine rings is 1. The first-order valence-corrected chi connectivity index (χ1v) is 12.8. The summed E-state index contributed by atoms with van der Waals surface area (Å²) >= 11 is 7.33. The molecule has 1 saturated heterocycles. The second-order valence-corrected chi connectivity index (χ2v) is 9.86. The molecule has 7 nitrogen and oxygen atoms in total. The predicted molar refractivity (Wildman–Crippen MR) is 143 cm³/mol. The molecule has 4 heterocycles. The van der Waals surface area contributed by atoms with Crippen LogP contribution in [0.2, 0.25) is 0 Å². The van der Waals surface area contributed by atoms with Gasteiger partial charge in [-0.3, -0.25) is 14.3 Å². The van der Waals surface area contributed by atoms with Crippen molar-refractivity contribution in [2.75, 3.05) is 11.9 Å². The van der Waals surface area contributed by atoms with Crippen molar-refractivity contribution in [3.8, 4) is 5.13 Å². The summed E-state index contributed by atoms with van der Waals surface area (Å²) in [5.74, 6) is -0.516. The molecule has 5 rings (SSSR count). The number of thiocarbonyl (C=S) groups is 1. The molecule has 10 heteroatoms. The number of aromatic nitrogens is 3. The Morgan fingerprint density at radius 1 is 1.17 bits per heavy atom. The monoisotopic (exact) mass is 520 g/mol. The van der Waals surface area contributed by atoms with Crippen molar-refractivity contribution in [2.24, 2.45) is 0 Å². The smallest absolute Gasteiger partial charge is 0.226 e. The lowest BCUT2D eigenvalue weighted by atomic mass is 9.96. The van der Waals surface area contributed by atoms with Crippen LogP contribution in [0.5, 0.6) is 0 Å². The van der Waals surface area contributed by atoms with Crippen LogP contribution in [0.3, 0.4) is 0 Å². The summed E-state index contributed by atoms with van der Waals surface area (Å²) in [5.41, 5.74) is 4.68. The lowest BCUT2D eigenvalue weighted by Crippen LogP contribution is -2.32. The third kappa shape index (κ3) is 4.74. The van der Waals surface area contributed by atoms with E-state index in [4.69, 9.17) is 12.2 Å². The Bertz CT molecular complexity index is 1370. The average molecular weight is 521 g/mol. The zero-order valence-electron chi connectivity index (χ0n) is 19.8. The van der Waals surface area contributed by atoms with Crippen molar-refractivity contribution >= 4 is 40.3 Å². The van der Waals surface area contributed by atoms with Crippen LogP contribution in [0, 0.1) is 19.7 Å². The van der Waals surface area contributed by atoms with Gasteiger partial charge in [-0.05, 0) is 74.1 Å². The number of carbonyl (C=O) groups is 1. The highest BCUT2D eigenvalue weighted by Crippen LogP contribution is 2.41. The fourth-order valence-electron chi connectivity index (χ4n) is 4.67. The van der Waals surface area contributed by atoms with Crippen molar-refractivity contribution in [1.29, 1.82) is 0 Å². The van der Waals surface area contributed by atoms with Gasteiger partial charge >= 0.3 is 0 Å². The number of hydrogen-bond donors (Lipinski definition) is 2. The third-order valence-corrected chi connectivity index (χ3v) is 7.41. The fraction of sp³-hybridized carbons (Fsp3) is 0.231.